The number of hydrogen-bond acceptors (Lipinski definition) is 5. The van der Waals surface area contributed by atoms with Crippen LogP contribution in [0, 0.1) is 6.92 Å². The van der Waals surface area contributed by atoms with E-state index in [9.17, 15) is 4.79 Å². The number of thioether (sulfide) groups is 2. The van der Waals surface area contributed by atoms with Crippen molar-refractivity contribution >= 4 is 29.4 Å². The summed E-state index contributed by atoms with van der Waals surface area (Å²) in [6.45, 7) is 2.05. The quantitative estimate of drug-likeness (QED) is 0.601. The number of rotatable bonds is 8. The molecule has 0 spiro atoms. The van der Waals surface area contributed by atoms with E-state index in [2.05, 4.69) is 35.3 Å². The zero-order chi connectivity index (χ0) is 18.4. The van der Waals surface area contributed by atoms with Gasteiger partial charge in [-0.3, -0.25) is 9.36 Å². The van der Waals surface area contributed by atoms with Crippen molar-refractivity contribution in [2.75, 3.05) is 5.75 Å². The van der Waals surface area contributed by atoms with Crippen molar-refractivity contribution in [1.29, 1.82) is 0 Å². The number of benzene rings is 2. The van der Waals surface area contributed by atoms with Gasteiger partial charge in [-0.25, -0.2) is 0 Å². The van der Waals surface area contributed by atoms with E-state index < -0.39 is 0 Å². The topological polar surface area (TPSA) is 73.8 Å². The van der Waals surface area contributed by atoms with Gasteiger partial charge in [-0.05, 0) is 24.1 Å². The van der Waals surface area contributed by atoms with Gasteiger partial charge in [-0.2, -0.15) is 0 Å². The molecule has 0 atom stereocenters. The average Bonchev–Trinajstić information content (AvgIpc) is 3.04. The van der Waals surface area contributed by atoms with E-state index in [1.807, 2.05) is 41.0 Å². The summed E-state index contributed by atoms with van der Waals surface area (Å²) in [6, 6.07) is 18.4. The zero-order valence-corrected chi connectivity index (χ0v) is 16.1. The average molecular weight is 385 g/mol. The molecule has 0 bridgehead atoms. The van der Waals surface area contributed by atoms with Crippen molar-refractivity contribution < 1.29 is 4.79 Å². The molecule has 2 aromatic carbocycles. The Balaban J connectivity index is 1.82. The largest absolute Gasteiger partial charge is 0.369 e. The Morgan fingerprint density at radius 2 is 1.77 bits per heavy atom. The number of primary amides is 1. The van der Waals surface area contributed by atoms with Gasteiger partial charge in [0.05, 0.1) is 17.2 Å². The van der Waals surface area contributed by atoms with E-state index in [4.69, 9.17) is 5.73 Å². The van der Waals surface area contributed by atoms with Crippen LogP contribution in [-0.2, 0) is 16.3 Å². The van der Waals surface area contributed by atoms with Gasteiger partial charge in [-0.1, -0.05) is 60.3 Å². The van der Waals surface area contributed by atoms with Crippen molar-refractivity contribution in [3.8, 4) is 5.69 Å². The molecule has 7 heteroatoms. The molecule has 0 aliphatic rings. The summed E-state index contributed by atoms with van der Waals surface area (Å²) < 4.78 is 2.03. The van der Waals surface area contributed by atoms with Crippen LogP contribution in [0.2, 0.25) is 0 Å². The standard InChI is InChI=1S/C19H20N4OS2/c1-14-7-5-6-10-16(14)23-18(21-22-19(23)26-12-17(20)24)13-25-11-15-8-3-2-4-9-15/h2-10H,11-13H2,1H3,(H2,20,24). The fraction of sp³-hybridized carbons (Fsp3) is 0.211. The molecule has 0 unspecified atom stereocenters. The summed E-state index contributed by atoms with van der Waals surface area (Å²) in [5, 5.41) is 9.34. The third-order valence-corrected chi connectivity index (χ3v) is 5.69. The normalized spacial score (nSPS) is 10.8. The van der Waals surface area contributed by atoms with E-state index in [1.54, 1.807) is 11.8 Å². The van der Waals surface area contributed by atoms with Crippen molar-refractivity contribution in [2.24, 2.45) is 5.73 Å². The maximum absolute atomic E-state index is 11.2. The molecule has 26 heavy (non-hydrogen) atoms. The molecule has 1 amide bonds. The summed E-state index contributed by atoms with van der Waals surface area (Å²) in [4.78, 5) is 11.2. The lowest BCUT2D eigenvalue weighted by Gasteiger charge is -2.12. The van der Waals surface area contributed by atoms with Gasteiger partial charge in [0, 0.05) is 5.75 Å². The Kier molecular flexibility index (Phi) is 6.35. The van der Waals surface area contributed by atoms with Crippen molar-refractivity contribution in [3.63, 3.8) is 0 Å². The highest BCUT2D eigenvalue weighted by atomic mass is 32.2. The number of carbonyl (C=O) groups is 1. The minimum absolute atomic E-state index is 0.182. The first-order valence-electron chi connectivity index (χ1n) is 8.18. The summed E-state index contributed by atoms with van der Waals surface area (Å²) >= 11 is 3.10. The molecule has 1 heterocycles. The number of aryl methyl sites for hydroxylation is 1. The van der Waals surface area contributed by atoms with Crippen LogP contribution in [0.4, 0.5) is 0 Å². The zero-order valence-electron chi connectivity index (χ0n) is 14.5. The smallest absolute Gasteiger partial charge is 0.227 e. The Morgan fingerprint density at radius 3 is 2.50 bits per heavy atom. The highest BCUT2D eigenvalue weighted by Crippen LogP contribution is 2.26. The van der Waals surface area contributed by atoms with Crippen LogP contribution in [0.3, 0.4) is 0 Å². The minimum atomic E-state index is -0.366. The van der Waals surface area contributed by atoms with Crippen molar-refractivity contribution in [3.05, 3.63) is 71.5 Å². The SMILES string of the molecule is Cc1ccccc1-n1c(CSCc2ccccc2)nnc1SCC(N)=O. The number of nitrogens with zero attached hydrogens (tertiary/aromatic N) is 3. The van der Waals surface area contributed by atoms with Crippen LogP contribution in [0.15, 0.2) is 59.8 Å². The van der Waals surface area contributed by atoms with Gasteiger partial charge in [0.1, 0.15) is 5.82 Å². The molecule has 134 valence electrons. The highest BCUT2D eigenvalue weighted by Gasteiger charge is 2.16. The Morgan fingerprint density at radius 1 is 1.04 bits per heavy atom. The van der Waals surface area contributed by atoms with Gasteiger partial charge < -0.3 is 5.73 Å². The fourth-order valence-electron chi connectivity index (χ4n) is 2.51. The molecule has 0 saturated carbocycles. The molecule has 0 aliphatic heterocycles. The molecule has 1 aromatic heterocycles. The van der Waals surface area contributed by atoms with Crippen LogP contribution >= 0.6 is 23.5 Å². The Labute approximate surface area is 161 Å². The fourth-order valence-corrected chi connectivity index (χ4v) is 4.12. The van der Waals surface area contributed by atoms with E-state index in [0.29, 0.717) is 5.16 Å². The van der Waals surface area contributed by atoms with Crippen LogP contribution in [0.25, 0.3) is 5.69 Å². The summed E-state index contributed by atoms with van der Waals surface area (Å²) in [5.41, 5.74) is 8.72. The van der Waals surface area contributed by atoms with Crippen molar-refractivity contribution in [1.82, 2.24) is 14.8 Å². The number of amides is 1. The summed E-state index contributed by atoms with van der Waals surface area (Å²) in [5.74, 6) is 2.32. The predicted octanol–water partition coefficient (Wildman–Crippen LogP) is 3.59. The van der Waals surface area contributed by atoms with E-state index in [1.165, 1.54) is 17.3 Å². The van der Waals surface area contributed by atoms with Crippen molar-refractivity contribution in [2.45, 2.75) is 23.6 Å². The third-order valence-electron chi connectivity index (χ3n) is 3.74. The van der Waals surface area contributed by atoms with Crippen LogP contribution in [0.1, 0.15) is 17.0 Å². The first-order valence-corrected chi connectivity index (χ1v) is 10.3. The van der Waals surface area contributed by atoms with E-state index in [0.717, 1.165) is 28.6 Å². The second-order valence-corrected chi connectivity index (χ2v) is 7.68. The maximum atomic E-state index is 11.2. The number of nitrogens with two attached hydrogens (primary N) is 1. The Hall–Kier alpha value is -2.25. The second-order valence-electron chi connectivity index (χ2n) is 5.75. The number of para-hydroxylation sites is 1. The van der Waals surface area contributed by atoms with E-state index >= 15 is 0 Å². The molecule has 0 saturated heterocycles. The summed E-state index contributed by atoms with van der Waals surface area (Å²) in [6.07, 6.45) is 0. The monoisotopic (exact) mass is 384 g/mol. The van der Waals surface area contributed by atoms with Gasteiger partial charge in [0.2, 0.25) is 5.91 Å². The molecule has 0 fully saturated rings. The second kappa shape index (κ2) is 8.91. The predicted molar refractivity (Wildman–Crippen MR) is 107 cm³/mol. The first kappa shape index (κ1) is 18.5. The van der Waals surface area contributed by atoms with Crippen LogP contribution in [0.5, 0.6) is 0 Å². The Bertz CT molecular complexity index is 880. The number of aromatic nitrogens is 3. The van der Waals surface area contributed by atoms with Gasteiger partial charge in [0.25, 0.3) is 0 Å². The van der Waals surface area contributed by atoms with Gasteiger partial charge >= 0.3 is 0 Å². The van der Waals surface area contributed by atoms with Gasteiger partial charge in [-0.15, -0.1) is 22.0 Å². The molecule has 3 rings (SSSR count). The molecular formula is C19H20N4OS2. The highest BCUT2D eigenvalue weighted by molar-refractivity contribution is 7.99. The van der Waals surface area contributed by atoms with E-state index in [-0.39, 0.29) is 11.7 Å². The third kappa shape index (κ3) is 4.68. The molecular weight excluding hydrogens is 364 g/mol. The van der Waals surface area contributed by atoms with Crippen LogP contribution in [-0.4, -0.2) is 26.4 Å². The lowest BCUT2D eigenvalue weighted by molar-refractivity contribution is -0.115. The molecule has 5 nitrogen and oxygen atoms in total. The first-order chi connectivity index (χ1) is 12.6. The van der Waals surface area contributed by atoms with Gasteiger partial charge in [0.15, 0.2) is 5.16 Å². The van der Waals surface area contributed by atoms with Crippen LogP contribution < -0.4 is 5.73 Å². The molecule has 2 N–H and O–H groups in total. The maximum Gasteiger partial charge on any atom is 0.227 e. The minimum Gasteiger partial charge on any atom is -0.369 e. The molecule has 3 aromatic rings. The number of hydrogen-bond donors (Lipinski definition) is 1. The lowest BCUT2D eigenvalue weighted by atomic mass is 10.2. The lowest BCUT2D eigenvalue weighted by Crippen LogP contribution is -2.14. The summed E-state index contributed by atoms with van der Waals surface area (Å²) in [7, 11) is 0. The molecule has 0 radical (unpaired) electrons. The number of carbonyl (C=O) groups excluding carboxylic acids is 1. The molecule has 0 aliphatic carbocycles.